The standard InChI is InChI=1S/C23H18ClF2NO5S/c1-13-7-18(33(2,30)31)4-5-20(13)27-22(28)12-32-21-6-3-15(24)10-19(21)23(29)14-8-16(25)11-17(26)9-14/h3-11H,12H2,1-2H3,(H,27,28). The van der Waals surface area contributed by atoms with Crippen molar-refractivity contribution in [3.05, 3.63) is 87.9 Å². The zero-order valence-electron chi connectivity index (χ0n) is 17.5. The summed E-state index contributed by atoms with van der Waals surface area (Å²) in [5.41, 5.74) is 0.597. The van der Waals surface area contributed by atoms with E-state index in [9.17, 15) is 26.8 Å². The van der Waals surface area contributed by atoms with Crippen molar-refractivity contribution in [1.82, 2.24) is 0 Å². The number of nitrogens with one attached hydrogen (secondary N) is 1. The molecule has 33 heavy (non-hydrogen) atoms. The monoisotopic (exact) mass is 493 g/mol. The topological polar surface area (TPSA) is 89.5 Å². The molecule has 1 amide bonds. The van der Waals surface area contributed by atoms with Crippen LogP contribution in [0.15, 0.2) is 59.5 Å². The number of rotatable bonds is 7. The number of halogens is 3. The number of ether oxygens (including phenoxy) is 1. The highest BCUT2D eigenvalue weighted by atomic mass is 35.5. The molecule has 0 heterocycles. The average molecular weight is 494 g/mol. The summed E-state index contributed by atoms with van der Waals surface area (Å²) in [6.45, 7) is 1.14. The quantitative estimate of drug-likeness (QED) is 0.487. The van der Waals surface area contributed by atoms with Crippen LogP contribution in [0.3, 0.4) is 0 Å². The van der Waals surface area contributed by atoms with E-state index in [2.05, 4.69) is 5.32 Å². The molecule has 172 valence electrons. The molecule has 0 atom stereocenters. The first-order valence-corrected chi connectivity index (χ1v) is 11.7. The van der Waals surface area contributed by atoms with Gasteiger partial charge in [-0.1, -0.05) is 11.6 Å². The van der Waals surface area contributed by atoms with Crippen molar-refractivity contribution >= 4 is 38.8 Å². The van der Waals surface area contributed by atoms with Gasteiger partial charge in [-0.05, 0) is 61.0 Å². The second kappa shape index (κ2) is 9.68. The minimum atomic E-state index is -3.39. The minimum absolute atomic E-state index is 0.00614. The fourth-order valence-corrected chi connectivity index (χ4v) is 3.86. The normalized spacial score (nSPS) is 11.2. The van der Waals surface area contributed by atoms with E-state index in [-0.39, 0.29) is 26.8 Å². The van der Waals surface area contributed by atoms with Crippen LogP contribution in [0, 0.1) is 18.6 Å². The van der Waals surface area contributed by atoms with Gasteiger partial charge in [0.25, 0.3) is 5.91 Å². The third-order valence-corrected chi connectivity index (χ3v) is 5.92. The highest BCUT2D eigenvalue weighted by molar-refractivity contribution is 7.90. The number of hydrogen-bond donors (Lipinski definition) is 1. The molecule has 0 fully saturated rings. The lowest BCUT2D eigenvalue weighted by Gasteiger charge is -2.13. The van der Waals surface area contributed by atoms with Gasteiger partial charge in [-0.2, -0.15) is 0 Å². The molecule has 0 aromatic heterocycles. The Kier molecular flexibility index (Phi) is 7.14. The number of hydrogen-bond acceptors (Lipinski definition) is 5. The van der Waals surface area contributed by atoms with Crippen molar-refractivity contribution in [2.75, 3.05) is 18.2 Å². The predicted molar refractivity (Wildman–Crippen MR) is 120 cm³/mol. The summed E-state index contributed by atoms with van der Waals surface area (Å²) in [6, 6.07) is 10.7. The Balaban J connectivity index is 1.77. The molecule has 0 aliphatic carbocycles. The SMILES string of the molecule is Cc1cc(S(C)(=O)=O)ccc1NC(=O)COc1ccc(Cl)cc1C(=O)c1cc(F)cc(F)c1. The van der Waals surface area contributed by atoms with Crippen LogP contribution in [0.25, 0.3) is 0 Å². The molecular weight excluding hydrogens is 476 g/mol. The average Bonchev–Trinajstić information content (AvgIpc) is 2.72. The number of carbonyl (C=O) groups is 2. The molecule has 0 bridgehead atoms. The van der Waals surface area contributed by atoms with Crippen molar-refractivity contribution < 1.29 is 31.5 Å². The highest BCUT2D eigenvalue weighted by Crippen LogP contribution is 2.26. The summed E-state index contributed by atoms with van der Waals surface area (Å²) in [4.78, 5) is 25.3. The van der Waals surface area contributed by atoms with Crippen LogP contribution >= 0.6 is 11.6 Å². The lowest BCUT2D eigenvalue weighted by Crippen LogP contribution is -2.21. The van der Waals surface area contributed by atoms with Gasteiger partial charge in [0.15, 0.2) is 22.2 Å². The second-order valence-electron chi connectivity index (χ2n) is 7.21. The molecule has 10 heteroatoms. The van der Waals surface area contributed by atoms with E-state index in [1.165, 1.54) is 36.4 Å². The molecule has 3 rings (SSSR count). The maximum Gasteiger partial charge on any atom is 0.262 e. The van der Waals surface area contributed by atoms with Crippen molar-refractivity contribution in [1.29, 1.82) is 0 Å². The van der Waals surface area contributed by atoms with Crippen molar-refractivity contribution in [2.24, 2.45) is 0 Å². The zero-order valence-corrected chi connectivity index (χ0v) is 19.1. The Morgan fingerprint density at radius 2 is 1.67 bits per heavy atom. The molecule has 0 unspecified atom stereocenters. The van der Waals surface area contributed by atoms with Crippen molar-refractivity contribution in [2.45, 2.75) is 11.8 Å². The van der Waals surface area contributed by atoms with E-state index in [0.717, 1.165) is 18.4 Å². The first kappa shape index (κ1) is 24.3. The summed E-state index contributed by atoms with van der Waals surface area (Å²) in [6.07, 6.45) is 1.08. The molecular formula is C23H18ClF2NO5S. The van der Waals surface area contributed by atoms with E-state index in [4.69, 9.17) is 16.3 Å². The molecule has 0 aliphatic rings. The van der Waals surface area contributed by atoms with Gasteiger partial charge in [0.2, 0.25) is 0 Å². The molecule has 6 nitrogen and oxygen atoms in total. The Morgan fingerprint density at radius 3 is 2.27 bits per heavy atom. The van der Waals surface area contributed by atoms with Crippen LogP contribution in [0.5, 0.6) is 5.75 Å². The van der Waals surface area contributed by atoms with E-state index in [1.54, 1.807) is 6.92 Å². The number of anilines is 1. The van der Waals surface area contributed by atoms with Gasteiger partial charge in [-0.15, -0.1) is 0 Å². The van der Waals surface area contributed by atoms with Crippen LogP contribution in [0.1, 0.15) is 21.5 Å². The summed E-state index contributed by atoms with van der Waals surface area (Å²) < 4.78 is 55.8. The first-order valence-electron chi connectivity index (χ1n) is 9.48. The van der Waals surface area contributed by atoms with Crippen LogP contribution in [0.2, 0.25) is 5.02 Å². The third kappa shape index (κ3) is 6.15. The fraction of sp³-hybridized carbons (Fsp3) is 0.130. The lowest BCUT2D eigenvalue weighted by molar-refractivity contribution is -0.118. The smallest absolute Gasteiger partial charge is 0.262 e. The fourth-order valence-electron chi connectivity index (χ4n) is 2.98. The second-order valence-corrected chi connectivity index (χ2v) is 9.67. The number of benzene rings is 3. The van der Waals surface area contributed by atoms with Crippen LogP contribution in [0.4, 0.5) is 14.5 Å². The molecule has 0 radical (unpaired) electrons. The predicted octanol–water partition coefficient (Wildman–Crippen LogP) is 4.58. The largest absolute Gasteiger partial charge is 0.483 e. The van der Waals surface area contributed by atoms with Gasteiger partial charge in [-0.3, -0.25) is 9.59 Å². The van der Waals surface area contributed by atoms with E-state index in [1.807, 2.05) is 0 Å². The van der Waals surface area contributed by atoms with Gasteiger partial charge in [0.1, 0.15) is 17.4 Å². The number of carbonyl (C=O) groups excluding carboxylic acids is 2. The zero-order chi connectivity index (χ0) is 24.3. The van der Waals surface area contributed by atoms with Gasteiger partial charge in [-0.25, -0.2) is 17.2 Å². The molecule has 1 N–H and O–H groups in total. The Hall–Kier alpha value is -3.30. The Bertz CT molecular complexity index is 1340. The van der Waals surface area contributed by atoms with Crippen molar-refractivity contribution in [3.63, 3.8) is 0 Å². The lowest BCUT2D eigenvalue weighted by atomic mass is 10.0. The molecule has 3 aromatic carbocycles. The van der Waals surface area contributed by atoms with Crippen LogP contribution in [-0.4, -0.2) is 33.0 Å². The molecule has 0 saturated heterocycles. The molecule has 3 aromatic rings. The number of aryl methyl sites for hydroxylation is 1. The van der Waals surface area contributed by atoms with Crippen molar-refractivity contribution in [3.8, 4) is 5.75 Å². The Labute approximate surface area is 194 Å². The third-order valence-electron chi connectivity index (χ3n) is 4.57. The maximum atomic E-state index is 13.5. The van der Waals surface area contributed by atoms with Gasteiger partial charge >= 0.3 is 0 Å². The molecule has 0 spiro atoms. The van der Waals surface area contributed by atoms with E-state index >= 15 is 0 Å². The van der Waals surface area contributed by atoms with Gasteiger partial charge in [0.05, 0.1) is 10.5 Å². The Morgan fingerprint density at radius 1 is 1.00 bits per heavy atom. The molecule has 0 saturated carbocycles. The summed E-state index contributed by atoms with van der Waals surface area (Å²) in [7, 11) is -3.39. The number of ketones is 1. The van der Waals surface area contributed by atoms with Crippen LogP contribution in [-0.2, 0) is 14.6 Å². The number of amides is 1. The summed E-state index contributed by atoms with van der Waals surface area (Å²) in [5, 5.41) is 2.79. The minimum Gasteiger partial charge on any atom is -0.483 e. The van der Waals surface area contributed by atoms with Gasteiger partial charge in [0, 0.05) is 28.6 Å². The highest BCUT2D eigenvalue weighted by Gasteiger charge is 2.18. The van der Waals surface area contributed by atoms with Gasteiger partial charge < -0.3 is 10.1 Å². The van der Waals surface area contributed by atoms with E-state index in [0.29, 0.717) is 17.3 Å². The number of sulfone groups is 1. The first-order chi connectivity index (χ1) is 15.4. The summed E-state index contributed by atoms with van der Waals surface area (Å²) >= 11 is 5.97. The summed E-state index contributed by atoms with van der Waals surface area (Å²) in [5.74, 6) is -3.15. The molecule has 0 aliphatic heterocycles. The van der Waals surface area contributed by atoms with E-state index < -0.39 is 39.8 Å². The maximum absolute atomic E-state index is 13.5. The van der Waals surface area contributed by atoms with Crippen LogP contribution < -0.4 is 10.1 Å².